The van der Waals surface area contributed by atoms with Gasteiger partial charge >= 0.3 is 0 Å². The molecule has 24 nitrogen and oxygen atoms in total. The predicted molar refractivity (Wildman–Crippen MR) is 328 cm³/mol. The predicted octanol–water partition coefficient (Wildman–Crippen LogP) is 7.57. The maximum Gasteiger partial charge on any atom is 0.286 e. The van der Waals surface area contributed by atoms with Crippen molar-refractivity contribution in [3.63, 3.8) is 0 Å². The summed E-state index contributed by atoms with van der Waals surface area (Å²) in [6, 6.07) is 16.7. The zero-order valence-electron chi connectivity index (χ0n) is 47.7. The molecule has 3 saturated heterocycles. The van der Waals surface area contributed by atoms with E-state index in [0.29, 0.717) is 12.9 Å². The summed E-state index contributed by atoms with van der Waals surface area (Å²) >= 11 is 17.0. The number of amides is 3. The number of hydrogen-bond donors (Lipinski definition) is 11. The van der Waals surface area contributed by atoms with Crippen molar-refractivity contribution in [2.75, 3.05) is 78.2 Å². The molecule has 7 aromatic rings. The quantitative estimate of drug-likeness (QED) is 0.0415. The van der Waals surface area contributed by atoms with Gasteiger partial charge in [0.05, 0.1) is 69.3 Å². The Bertz CT molecular complexity index is 4320. The van der Waals surface area contributed by atoms with Gasteiger partial charge < -0.3 is 59.2 Å². The Hall–Kier alpha value is -7.75. The Balaban J connectivity index is 0.000000181. The molecule has 3 aliphatic heterocycles. The van der Waals surface area contributed by atoms with E-state index in [9.17, 15) is 94.5 Å². The van der Waals surface area contributed by atoms with E-state index in [4.69, 9.17) is 57.7 Å². The highest BCUT2D eigenvalue weighted by Gasteiger charge is 2.50. The number of nitrogens with zero attached hydrogens (tertiary/aromatic N) is 4. The van der Waals surface area contributed by atoms with E-state index in [-0.39, 0.29) is 90.9 Å². The molecular weight excluding hydrogens is 1390 g/mol. The number of nitrogens with two attached hydrogens (primary N) is 4. The number of halogens is 12. The van der Waals surface area contributed by atoms with E-state index in [1.165, 1.54) is 36.7 Å². The van der Waals surface area contributed by atoms with Crippen molar-refractivity contribution in [3.05, 3.63) is 147 Å². The van der Waals surface area contributed by atoms with Crippen LogP contribution in [0.15, 0.2) is 112 Å². The lowest BCUT2D eigenvalue weighted by Crippen LogP contribution is -2.53. The van der Waals surface area contributed by atoms with Gasteiger partial charge in [-0.2, -0.15) is 12.9 Å². The minimum atomic E-state index is -4.56. The first-order chi connectivity index (χ1) is 43.6. The van der Waals surface area contributed by atoms with Crippen LogP contribution in [0.1, 0.15) is 50.3 Å². The number of alkyl halides is 6. The van der Waals surface area contributed by atoms with Crippen molar-refractivity contribution in [1.29, 1.82) is 0 Å². The maximum atomic E-state index is 14.0. The molecule has 3 aliphatic rings. The Kier molecular flexibility index (Phi) is 21.1. The number of carbonyl (C=O) groups is 3. The standard InChI is InChI=1S/C19H16ClF3N4O4S.2C18H18ClF3N4O4S/c20-12-7-11(1-2-13(12)21)26-18(29)10-5-14-17(25-9-24-14)15(6-10)32(30,31)27-4-3-16(28)19(22,23)8-27;2*19-11-7-10(1-2-12(11)20)25-17(28)9-5-13(23)16(24)14(6-9)31(29,30)26-4-3-15(27)18(21,22)8-26/h1-2,5-7,9,16,28H,3-4,8H2,(H,24,25)(H,26,29);2*1-2,5-7,15,27H,3-4,8,23-24H2,(H,25,28). The van der Waals surface area contributed by atoms with E-state index < -0.39 is 166 Å². The van der Waals surface area contributed by atoms with Gasteiger partial charge in [0.15, 0.2) is 0 Å². The number of anilines is 7. The van der Waals surface area contributed by atoms with E-state index >= 15 is 0 Å². The summed E-state index contributed by atoms with van der Waals surface area (Å²) < 4.78 is 203. The molecule has 0 radical (unpaired) electrons. The zero-order valence-corrected chi connectivity index (χ0v) is 52.4. The summed E-state index contributed by atoms with van der Waals surface area (Å²) in [7, 11) is -13.6. The van der Waals surface area contributed by atoms with Crippen molar-refractivity contribution in [1.82, 2.24) is 22.9 Å². The number of fused-ring (bicyclic) bond motifs is 1. The number of aromatic amines is 1. The number of hydrogen-bond acceptors (Lipinski definition) is 17. The highest BCUT2D eigenvalue weighted by atomic mass is 35.5. The second kappa shape index (κ2) is 27.5. The monoisotopic (exact) mass is 1440 g/mol. The fourth-order valence-electron chi connectivity index (χ4n) is 9.39. The molecule has 4 heterocycles. The molecule has 0 spiro atoms. The number of H-pyrrole nitrogens is 1. The Morgan fingerprint density at radius 2 is 0.787 bits per heavy atom. The number of rotatable bonds is 12. The third-order valence-corrected chi connectivity index (χ3v) is 21.1. The zero-order chi connectivity index (χ0) is 69.5. The second-order valence-corrected chi connectivity index (χ2v) is 28.1. The van der Waals surface area contributed by atoms with Gasteiger partial charge in [0.1, 0.15) is 56.0 Å². The first-order valence-electron chi connectivity index (χ1n) is 27.0. The third-order valence-electron chi connectivity index (χ3n) is 14.6. The van der Waals surface area contributed by atoms with Crippen molar-refractivity contribution < 1.29 is 94.5 Å². The van der Waals surface area contributed by atoms with Crippen LogP contribution in [0.3, 0.4) is 0 Å². The first-order valence-corrected chi connectivity index (χ1v) is 32.4. The molecule has 3 unspecified atom stereocenters. The van der Waals surface area contributed by atoms with Crippen molar-refractivity contribution in [2.45, 2.75) is 70.0 Å². The highest BCUT2D eigenvalue weighted by molar-refractivity contribution is 7.90. The van der Waals surface area contributed by atoms with Gasteiger partial charge in [0, 0.05) is 53.4 Å². The first kappa shape index (κ1) is 72.1. The van der Waals surface area contributed by atoms with Crippen molar-refractivity contribution in [2.24, 2.45) is 0 Å². The molecule has 0 bridgehead atoms. The molecule has 10 rings (SSSR count). The Labute approximate surface area is 542 Å². The van der Waals surface area contributed by atoms with Crippen LogP contribution in [0, 0.1) is 17.5 Å². The second-order valence-electron chi connectivity index (χ2n) is 21.2. The molecule has 6 aromatic carbocycles. The van der Waals surface area contributed by atoms with Gasteiger partial charge in [-0.1, -0.05) is 34.8 Å². The Morgan fingerprint density at radius 1 is 0.489 bits per heavy atom. The number of nitrogens with one attached hydrogen (secondary N) is 4. The summed E-state index contributed by atoms with van der Waals surface area (Å²) in [5.74, 6) is -15.4. The third kappa shape index (κ3) is 15.6. The lowest BCUT2D eigenvalue weighted by atomic mass is 10.1. The molecule has 506 valence electrons. The van der Waals surface area contributed by atoms with E-state index in [1.54, 1.807) is 0 Å². The van der Waals surface area contributed by atoms with Crippen molar-refractivity contribution >= 4 is 133 Å². The Morgan fingerprint density at radius 3 is 1.10 bits per heavy atom. The van der Waals surface area contributed by atoms with E-state index in [2.05, 4.69) is 25.9 Å². The molecule has 94 heavy (non-hydrogen) atoms. The molecule has 3 fully saturated rings. The van der Waals surface area contributed by atoms with Crippen LogP contribution in [-0.2, 0) is 30.1 Å². The largest absolute Gasteiger partial charge is 0.397 e. The van der Waals surface area contributed by atoms with Crippen LogP contribution in [-0.4, -0.2) is 157 Å². The highest BCUT2D eigenvalue weighted by Crippen LogP contribution is 2.39. The fourth-order valence-corrected chi connectivity index (χ4v) is 14.9. The van der Waals surface area contributed by atoms with E-state index in [0.717, 1.165) is 60.7 Å². The number of piperidine rings is 3. The van der Waals surface area contributed by atoms with Crippen LogP contribution in [0.2, 0.25) is 15.1 Å². The molecule has 0 aliphatic carbocycles. The maximum absolute atomic E-state index is 14.0. The van der Waals surface area contributed by atoms with Crippen LogP contribution in [0.25, 0.3) is 11.0 Å². The molecule has 1 aromatic heterocycles. The number of benzene rings is 6. The molecular formula is C55H52Cl3F9N12O12S3. The minimum absolute atomic E-state index is 0.0270. The average Bonchev–Trinajstić information content (AvgIpc) is 1.11. The average molecular weight is 1450 g/mol. The summed E-state index contributed by atoms with van der Waals surface area (Å²) in [5, 5.41) is 34.8. The number of carbonyl (C=O) groups excluding carboxylic acids is 3. The van der Waals surface area contributed by atoms with Gasteiger partial charge in [-0.25, -0.2) is 69.8 Å². The van der Waals surface area contributed by atoms with Gasteiger partial charge in [0.25, 0.3) is 35.5 Å². The summed E-state index contributed by atoms with van der Waals surface area (Å²) in [6.45, 7) is -4.77. The molecule has 15 N–H and O–H groups in total. The van der Waals surface area contributed by atoms with Gasteiger partial charge in [0.2, 0.25) is 30.1 Å². The summed E-state index contributed by atoms with van der Waals surface area (Å²) in [5.41, 5.74) is 21.7. The number of sulfonamides is 3. The van der Waals surface area contributed by atoms with Crippen molar-refractivity contribution in [3.8, 4) is 0 Å². The van der Waals surface area contributed by atoms with Crippen LogP contribution in [0.4, 0.5) is 79.3 Å². The molecule has 39 heteroatoms. The number of aromatic nitrogens is 2. The van der Waals surface area contributed by atoms with Gasteiger partial charge in [-0.3, -0.25) is 14.4 Å². The SMILES string of the molecule is Nc1cc(C(=O)Nc2ccc(F)c(Cl)c2)cc(S(=O)(=O)N2CCC(O)C(F)(F)C2)c1N.Nc1cc(C(=O)Nc2ccc(F)c(Cl)c2)cc(S(=O)(=O)N2CCC(O)C(F)(F)C2)c1N.O=C(Nc1ccc(F)c(Cl)c1)c1cc(S(=O)(=O)N2CCC(O)C(F)(F)C2)c2nc[nH]c2c1. The topological polar surface area (TPSA) is 393 Å². The summed E-state index contributed by atoms with van der Waals surface area (Å²) in [4.78, 5) is 42.8. The minimum Gasteiger partial charge on any atom is -0.397 e. The normalized spacial score (nSPS) is 19.2. The number of aliphatic hydroxyl groups excluding tert-OH is 3. The van der Waals surface area contributed by atoms with E-state index in [1.807, 2.05) is 0 Å². The van der Waals surface area contributed by atoms with Crippen LogP contribution >= 0.6 is 34.8 Å². The van der Waals surface area contributed by atoms with Crippen LogP contribution < -0.4 is 38.9 Å². The lowest BCUT2D eigenvalue weighted by molar-refractivity contribution is -0.136. The lowest BCUT2D eigenvalue weighted by Gasteiger charge is -2.35. The van der Waals surface area contributed by atoms with Crippen LogP contribution in [0.5, 0.6) is 0 Å². The molecule has 3 atom stereocenters. The molecule has 3 amide bonds. The number of imidazole rings is 1. The smallest absolute Gasteiger partial charge is 0.286 e. The van der Waals surface area contributed by atoms with Gasteiger partial charge in [-0.15, -0.1) is 0 Å². The van der Waals surface area contributed by atoms with Gasteiger partial charge in [-0.05, 0) is 110 Å². The number of aliphatic hydroxyl groups is 3. The fraction of sp³-hybridized carbons (Fsp3) is 0.273. The summed E-state index contributed by atoms with van der Waals surface area (Å²) in [6.07, 6.45) is -6.08. The molecule has 0 saturated carbocycles. The number of nitrogen functional groups attached to an aromatic ring is 4.